The van der Waals surface area contributed by atoms with Crippen LogP contribution < -0.4 is 110 Å². The van der Waals surface area contributed by atoms with E-state index >= 15 is 0 Å². The summed E-state index contributed by atoms with van der Waals surface area (Å²) in [5.74, 6) is 0. The minimum Gasteiger partial charge on any atom is -2.00 e. The van der Waals surface area contributed by atoms with Crippen molar-refractivity contribution in [2.45, 2.75) is 0 Å². The SMILES string of the molecule is [Au+].[K+].[Na+].[Na+].[O-2].[O-2]. The molecule has 0 radical (unpaired) electrons. The van der Waals surface area contributed by atoms with Gasteiger partial charge in [-0.3, -0.25) is 0 Å². The van der Waals surface area contributed by atoms with Gasteiger partial charge in [-0.25, -0.2) is 0 Å². The zero-order valence-electron chi connectivity index (χ0n) is 4.12. The summed E-state index contributed by atoms with van der Waals surface area (Å²) < 4.78 is 0. The molecule has 0 amide bonds. The zero-order valence-corrected chi connectivity index (χ0v) is 13.4. The van der Waals surface area contributed by atoms with E-state index in [-0.39, 0.29) is 144 Å². The number of hydrogen-bond donors (Lipinski definition) is 0. The second kappa shape index (κ2) is 34.7. The maximum absolute atomic E-state index is 0. The Balaban J connectivity index is 0. The van der Waals surface area contributed by atoms with E-state index in [4.69, 9.17) is 0 Å². The van der Waals surface area contributed by atoms with Crippen molar-refractivity contribution < 1.29 is 144 Å². The fourth-order valence-electron chi connectivity index (χ4n) is 0. The van der Waals surface area contributed by atoms with E-state index in [9.17, 15) is 0 Å². The second-order valence-electron chi connectivity index (χ2n) is 0. The van der Waals surface area contributed by atoms with Gasteiger partial charge in [0, 0.05) is 0 Å². The minimum atomic E-state index is 0. The quantitative estimate of drug-likeness (QED) is 0.399. The molecule has 0 spiro atoms. The first-order valence-electron chi connectivity index (χ1n) is 0. The Hall–Kier alpha value is 4.30. The van der Waals surface area contributed by atoms with Gasteiger partial charge in [0.05, 0.1) is 0 Å². The van der Waals surface area contributed by atoms with Crippen molar-refractivity contribution in [1.29, 1.82) is 0 Å². The molecule has 0 rings (SSSR count). The van der Waals surface area contributed by atoms with E-state index < -0.39 is 0 Å². The van der Waals surface area contributed by atoms with Gasteiger partial charge < -0.3 is 11.0 Å². The first-order chi connectivity index (χ1) is 0. The Morgan fingerprint density at radius 2 is 0.667 bits per heavy atom. The molecule has 6 heavy (non-hydrogen) atoms. The average Bonchev–Trinajstić information content (AvgIpc) is 0. The molecule has 0 aliphatic rings. The molecule has 0 atom stereocenters. The largest absolute Gasteiger partial charge is 2.00 e. The summed E-state index contributed by atoms with van der Waals surface area (Å²) in [5.41, 5.74) is 0. The molecule has 0 aromatic rings. The van der Waals surface area contributed by atoms with Crippen molar-refractivity contribution in [1.82, 2.24) is 0 Å². The average molecular weight is 314 g/mol. The van der Waals surface area contributed by atoms with Gasteiger partial charge in [-0.15, -0.1) is 0 Å². The Morgan fingerprint density at radius 3 is 0.667 bits per heavy atom. The van der Waals surface area contributed by atoms with Gasteiger partial charge in [0.15, 0.2) is 0 Å². The van der Waals surface area contributed by atoms with Crippen molar-refractivity contribution in [2.24, 2.45) is 0 Å². The van der Waals surface area contributed by atoms with Crippen molar-refractivity contribution in [3.8, 4) is 0 Å². The molecule has 0 aromatic heterocycles. The summed E-state index contributed by atoms with van der Waals surface area (Å²) in [6, 6.07) is 0. The summed E-state index contributed by atoms with van der Waals surface area (Å²) >= 11 is 0. The minimum absolute atomic E-state index is 0. The van der Waals surface area contributed by atoms with Gasteiger partial charge in [-0.05, 0) is 0 Å². The summed E-state index contributed by atoms with van der Waals surface area (Å²) in [4.78, 5) is 0. The predicted octanol–water partition coefficient (Wildman–Crippen LogP) is -9.23. The van der Waals surface area contributed by atoms with Gasteiger partial charge in [-0.2, -0.15) is 0 Å². The van der Waals surface area contributed by atoms with Crippen LogP contribution in [-0.4, -0.2) is 0 Å². The monoisotopic (exact) mass is 314 g/mol. The van der Waals surface area contributed by atoms with Gasteiger partial charge in [0.1, 0.15) is 0 Å². The van der Waals surface area contributed by atoms with Gasteiger partial charge in [0.25, 0.3) is 0 Å². The molecule has 0 saturated heterocycles. The molecule has 0 fully saturated rings. The second-order valence-corrected chi connectivity index (χ2v) is 0. The smallest absolute Gasteiger partial charge is 1.00 e. The summed E-state index contributed by atoms with van der Waals surface area (Å²) in [6.07, 6.45) is 0. The predicted molar refractivity (Wildman–Crippen MR) is 1.37 cm³/mol. The van der Waals surface area contributed by atoms with Crippen LogP contribution in [0.5, 0.6) is 0 Å². The third kappa shape index (κ3) is 23.9. The Bertz CT molecular complexity index is 11.5. The standard InChI is InChI=1S/Au.K.2Na.2O/q4*+1;2*-2. The van der Waals surface area contributed by atoms with E-state index in [2.05, 4.69) is 0 Å². The molecular weight excluding hydrogens is 314 g/mol. The number of hydrogen-bond acceptors (Lipinski definition) is 0. The molecule has 0 aliphatic carbocycles. The summed E-state index contributed by atoms with van der Waals surface area (Å²) in [6.45, 7) is 0. The van der Waals surface area contributed by atoms with E-state index in [1.807, 2.05) is 0 Å². The molecule has 0 saturated carbocycles. The van der Waals surface area contributed by atoms with E-state index in [0.29, 0.717) is 0 Å². The van der Waals surface area contributed by atoms with Crippen LogP contribution in [0.1, 0.15) is 0 Å². The zero-order chi connectivity index (χ0) is 0. The molecule has 0 unspecified atom stereocenters. The van der Waals surface area contributed by atoms with E-state index in [1.165, 1.54) is 0 Å². The van der Waals surface area contributed by atoms with Crippen LogP contribution in [0, 0.1) is 0 Å². The molecule has 26 valence electrons. The van der Waals surface area contributed by atoms with Crippen LogP contribution in [0.4, 0.5) is 0 Å². The van der Waals surface area contributed by atoms with Crippen molar-refractivity contribution in [2.75, 3.05) is 0 Å². The van der Waals surface area contributed by atoms with Crippen molar-refractivity contribution in [3.05, 3.63) is 0 Å². The van der Waals surface area contributed by atoms with Gasteiger partial charge in [-0.1, -0.05) is 0 Å². The van der Waals surface area contributed by atoms with Crippen LogP contribution in [0.3, 0.4) is 0 Å². The Labute approximate surface area is 140 Å². The van der Waals surface area contributed by atoms with Gasteiger partial charge >= 0.3 is 133 Å². The van der Waals surface area contributed by atoms with E-state index in [1.54, 1.807) is 0 Å². The first-order valence-corrected chi connectivity index (χ1v) is 0. The molecule has 0 bridgehead atoms. The maximum atomic E-state index is 0. The molecule has 0 aliphatic heterocycles. The summed E-state index contributed by atoms with van der Waals surface area (Å²) in [7, 11) is 0. The molecule has 6 heteroatoms. The van der Waals surface area contributed by atoms with Crippen LogP contribution in [0.2, 0.25) is 0 Å². The third-order valence-electron chi connectivity index (χ3n) is 0. The van der Waals surface area contributed by atoms with Crippen LogP contribution >= 0.6 is 0 Å². The van der Waals surface area contributed by atoms with Crippen molar-refractivity contribution in [3.63, 3.8) is 0 Å². The molecule has 0 aromatic carbocycles. The Kier molecular flexibility index (Phi) is 278. The topological polar surface area (TPSA) is 57.0 Å². The summed E-state index contributed by atoms with van der Waals surface area (Å²) in [5, 5.41) is 0. The molecular formula is AuKNa2O2. The molecule has 0 N–H and O–H groups in total. The fraction of sp³-hybridized carbons (Fsp3) is 0. The fourth-order valence-corrected chi connectivity index (χ4v) is 0. The van der Waals surface area contributed by atoms with Crippen LogP contribution in [0.25, 0.3) is 0 Å². The maximum Gasteiger partial charge on any atom is 1.00 e. The first kappa shape index (κ1) is 48.2. The van der Waals surface area contributed by atoms with E-state index in [0.717, 1.165) is 0 Å². The molecule has 0 heterocycles. The molecule has 2 nitrogen and oxygen atoms in total. The third-order valence-corrected chi connectivity index (χ3v) is 0. The normalized spacial score (nSPS) is 0. The van der Waals surface area contributed by atoms with Crippen LogP contribution in [0.15, 0.2) is 0 Å². The Morgan fingerprint density at radius 1 is 0.667 bits per heavy atom. The van der Waals surface area contributed by atoms with Crippen LogP contribution in [-0.2, 0) is 33.3 Å². The van der Waals surface area contributed by atoms with Crippen molar-refractivity contribution >= 4 is 0 Å². The number of rotatable bonds is 0. The van der Waals surface area contributed by atoms with Gasteiger partial charge in [0.2, 0.25) is 0 Å².